The van der Waals surface area contributed by atoms with Crippen LogP contribution in [0.25, 0.3) is 10.2 Å². The number of hydrogen-bond acceptors (Lipinski definition) is 4. The van der Waals surface area contributed by atoms with E-state index >= 15 is 0 Å². The lowest BCUT2D eigenvalue weighted by molar-refractivity contribution is 0.445. The van der Waals surface area contributed by atoms with Gasteiger partial charge in [-0.1, -0.05) is 55.0 Å². The van der Waals surface area contributed by atoms with Crippen molar-refractivity contribution in [3.63, 3.8) is 0 Å². The molecule has 0 atom stereocenters. The van der Waals surface area contributed by atoms with E-state index in [1.165, 1.54) is 4.31 Å². The molecule has 0 amide bonds. The van der Waals surface area contributed by atoms with Crippen molar-refractivity contribution in [2.24, 2.45) is 0 Å². The standard InChI is InChI=1S/C18H19ClN2O3S2/c1-3-20(4-2)26(23,24)14-9-10-16-17(11-14)25-18(22)21(16)12-13-7-5-6-8-15(13)19/h5-11H,3-4,12H2,1-2H3. The van der Waals surface area contributed by atoms with Gasteiger partial charge < -0.3 is 0 Å². The van der Waals surface area contributed by atoms with Gasteiger partial charge in [-0.15, -0.1) is 0 Å². The highest BCUT2D eigenvalue weighted by molar-refractivity contribution is 7.89. The second-order valence-electron chi connectivity index (χ2n) is 5.76. The zero-order valence-corrected chi connectivity index (χ0v) is 16.9. The number of aromatic nitrogens is 1. The number of sulfonamides is 1. The Kier molecular flexibility index (Phi) is 5.53. The molecule has 138 valence electrons. The van der Waals surface area contributed by atoms with Gasteiger partial charge in [-0.05, 0) is 29.8 Å². The third-order valence-corrected chi connectivity index (χ3v) is 7.63. The number of fused-ring (bicyclic) bond motifs is 1. The summed E-state index contributed by atoms with van der Waals surface area (Å²) < 4.78 is 29.1. The zero-order chi connectivity index (χ0) is 18.9. The minimum atomic E-state index is -3.55. The molecular weight excluding hydrogens is 392 g/mol. The maximum atomic E-state index is 12.7. The number of nitrogens with zero attached hydrogens (tertiary/aromatic N) is 2. The van der Waals surface area contributed by atoms with E-state index in [0.29, 0.717) is 34.9 Å². The molecule has 0 radical (unpaired) electrons. The van der Waals surface area contributed by atoms with Crippen LogP contribution < -0.4 is 4.87 Å². The molecule has 0 N–H and O–H groups in total. The summed E-state index contributed by atoms with van der Waals surface area (Å²) >= 11 is 7.24. The first-order valence-corrected chi connectivity index (χ1v) is 10.9. The summed E-state index contributed by atoms with van der Waals surface area (Å²) in [6.07, 6.45) is 0. The molecule has 0 unspecified atom stereocenters. The van der Waals surface area contributed by atoms with E-state index in [2.05, 4.69) is 0 Å². The first-order chi connectivity index (χ1) is 12.4. The number of benzene rings is 2. The molecule has 0 aliphatic carbocycles. The highest BCUT2D eigenvalue weighted by Crippen LogP contribution is 2.25. The van der Waals surface area contributed by atoms with Crippen LogP contribution in [0, 0.1) is 0 Å². The van der Waals surface area contributed by atoms with Gasteiger partial charge in [0.25, 0.3) is 0 Å². The fourth-order valence-electron chi connectivity index (χ4n) is 2.87. The molecule has 0 spiro atoms. The Labute approximate surface area is 161 Å². The topological polar surface area (TPSA) is 59.4 Å². The molecule has 0 fully saturated rings. The predicted octanol–water partition coefficient (Wildman–Crippen LogP) is 3.80. The van der Waals surface area contributed by atoms with Crippen molar-refractivity contribution < 1.29 is 8.42 Å². The first-order valence-electron chi connectivity index (χ1n) is 8.25. The largest absolute Gasteiger partial charge is 0.308 e. The quantitative estimate of drug-likeness (QED) is 0.621. The molecule has 5 nitrogen and oxygen atoms in total. The molecule has 3 aromatic rings. The van der Waals surface area contributed by atoms with Crippen LogP contribution in [0.15, 0.2) is 52.2 Å². The Hall–Kier alpha value is -1.67. The van der Waals surface area contributed by atoms with Gasteiger partial charge in [0.15, 0.2) is 0 Å². The Morgan fingerprint density at radius 2 is 1.81 bits per heavy atom. The lowest BCUT2D eigenvalue weighted by Crippen LogP contribution is -2.30. The van der Waals surface area contributed by atoms with Crippen molar-refractivity contribution in [1.82, 2.24) is 8.87 Å². The van der Waals surface area contributed by atoms with E-state index in [1.54, 1.807) is 42.7 Å². The molecule has 8 heteroatoms. The predicted molar refractivity (Wildman–Crippen MR) is 107 cm³/mol. The lowest BCUT2D eigenvalue weighted by atomic mass is 10.2. The normalized spacial score (nSPS) is 12.2. The van der Waals surface area contributed by atoms with E-state index in [-0.39, 0.29) is 9.77 Å². The van der Waals surface area contributed by atoms with Crippen LogP contribution in [-0.4, -0.2) is 30.4 Å². The van der Waals surface area contributed by atoms with Gasteiger partial charge in [-0.3, -0.25) is 9.36 Å². The van der Waals surface area contributed by atoms with Crippen molar-refractivity contribution in [2.75, 3.05) is 13.1 Å². The molecule has 0 bridgehead atoms. The number of hydrogen-bond donors (Lipinski definition) is 0. The molecule has 3 rings (SSSR count). The van der Waals surface area contributed by atoms with Crippen LogP contribution in [-0.2, 0) is 16.6 Å². The van der Waals surface area contributed by atoms with Crippen LogP contribution >= 0.6 is 22.9 Å². The van der Waals surface area contributed by atoms with Gasteiger partial charge >= 0.3 is 4.87 Å². The second-order valence-corrected chi connectivity index (χ2v) is 9.10. The fourth-order valence-corrected chi connectivity index (χ4v) is 5.55. The van der Waals surface area contributed by atoms with Gasteiger partial charge in [0.1, 0.15) is 0 Å². The first kappa shape index (κ1) is 19.1. The van der Waals surface area contributed by atoms with Gasteiger partial charge in [0.05, 0.1) is 21.7 Å². The van der Waals surface area contributed by atoms with Crippen LogP contribution in [0.1, 0.15) is 19.4 Å². The average Bonchev–Trinajstić information content (AvgIpc) is 2.92. The van der Waals surface area contributed by atoms with Gasteiger partial charge in [0, 0.05) is 18.1 Å². The van der Waals surface area contributed by atoms with E-state index in [9.17, 15) is 13.2 Å². The summed E-state index contributed by atoms with van der Waals surface area (Å²) in [5, 5.41) is 0.597. The SMILES string of the molecule is CCN(CC)S(=O)(=O)c1ccc2c(c1)sc(=O)n2Cc1ccccc1Cl. The maximum absolute atomic E-state index is 12.7. The van der Waals surface area contributed by atoms with E-state index in [0.717, 1.165) is 16.9 Å². The molecule has 1 aromatic heterocycles. The molecular formula is C18H19ClN2O3S2. The fraction of sp³-hybridized carbons (Fsp3) is 0.278. The minimum Gasteiger partial charge on any atom is -0.294 e. The Morgan fingerprint density at radius 1 is 1.12 bits per heavy atom. The highest BCUT2D eigenvalue weighted by atomic mass is 35.5. The number of halogens is 1. The van der Waals surface area contributed by atoms with Crippen molar-refractivity contribution in [3.05, 3.63) is 62.7 Å². The molecule has 1 heterocycles. The summed E-state index contributed by atoms with van der Waals surface area (Å²) in [4.78, 5) is 12.5. The molecule has 0 aliphatic heterocycles. The van der Waals surface area contributed by atoms with Crippen LogP contribution in [0.2, 0.25) is 5.02 Å². The Bertz CT molecular complexity index is 1100. The number of thiazole rings is 1. The summed E-state index contributed by atoms with van der Waals surface area (Å²) in [5.74, 6) is 0. The second kappa shape index (κ2) is 7.52. The van der Waals surface area contributed by atoms with E-state index in [4.69, 9.17) is 11.6 Å². The monoisotopic (exact) mass is 410 g/mol. The lowest BCUT2D eigenvalue weighted by Gasteiger charge is -2.18. The third-order valence-electron chi connectivity index (χ3n) is 4.27. The van der Waals surface area contributed by atoms with Crippen molar-refractivity contribution in [2.45, 2.75) is 25.3 Å². The van der Waals surface area contributed by atoms with Gasteiger partial charge in [0.2, 0.25) is 10.0 Å². The summed E-state index contributed by atoms with van der Waals surface area (Å²) in [7, 11) is -3.55. The van der Waals surface area contributed by atoms with Crippen molar-refractivity contribution in [3.8, 4) is 0 Å². The number of rotatable bonds is 6. The van der Waals surface area contributed by atoms with Crippen LogP contribution in [0.4, 0.5) is 0 Å². The third kappa shape index (κ3) is 3.44. The minimum absolute atomic E-state index is 0.141. The van der Waals surface area contributed by atoms with Gasteiger partial charge in [-0.25, -0.2) is 8.42 Å². The maximum Gasteiger partial charge on any atom is 0.308 e. The summed E-state index contributed by atoms with van der Waals surface area (Å²) in [6, 6.07) is 12.2. The molecule has 0 saturated carbocycles. The van der Waals surface area contributed by atoms with Crippen LogP contribution in [0.5, 0.6) is 0 Å². The van der Waals surface area contributed by atoms with Crippen LogP contribution in [0.3, 0.4) is 0 Å². The summed E-state index contributed by atoms with van der Waals surface area (Å²) in [5.41, 5.74) is 1.55. The average molecular weight is 411 g/mol. The molecule has 2 aromatic carbocycles. The summed E-state index contributed by atoms with van der Waals surface area (Å²) in [6.45, 7) is 4.76. The van der Waals surface area contributed by atoms with E-state index in [1.807, 2.05) is 18.2 Å². The van der Waals surface area contributed by atoms with E-state index < -0.39 is 10.0 Å². The highest BCUT2D eigenvalue weighted by Gasteiger charge is 2.22. The molecule has 0 aliphatic rings. The molecule has 26 heavy (non-hydrogen) atoms. The molecule has 0 saturated heterocycles. The Balaban J connectivity index is 2.07. The zero-order valence-electron chi connectivity index (χ0n) is 14.5. The Morgan fingerprint density at radius 3 is 2.46 bits per heavy atom. The van der Waals surface area contributed by atoms with Crippen molar-refractivity contribution in [1.29, 1.82) is 0 Å². The smallest absolute Gasteiger partial charge is 0.294 e. The van der Waals surface area contributed by atoms with Gasteiger partial charge in [-0.2, -0.15) is 4.31 Å². The van der Waals surface area contributed by atoms with Crippen molar-refractivity contribution >= 4 is 43.2 Å².